The van der Waals surface area contributed by atoms with E-state index in [2.05, 4.69) is 31.9 Å². The number of carboxylic acids is 1. The van der Waals surface area contributed by atoms with Crippen LogP contribution in [-0.2, 0) is 0 Å². The standard InChI is InChI=1S/C10H10Br2O4/c11-4-8(13)9(14)7-3-5(12)1-2-6(7)10(15)16/h1-3,8-9,13-14H,4H2,(H,15,16). The predicted octanol–water partition coefficient (Wildman–Crippen LogP) is 1.94. The zero-order valence-electron chi connectivity index (χ0n) is 8.10. The van der Waals surface area contributed by atoms with Crippen LogP contribution in [0.5, 0.6) is 0 Å². The van der Waals surface area contributed by atoms with Gasteiger partial charge in [0.15, 0.2) is 0 Å². The number of alkyl halides is 1. The Bertz CT molecular complexity index is 394. The van der Waals surface area contributed by atoms with Crippen LogP contribution in [0.2, 0.25) is 0 Å². The second kappa shape index (κ2) is 5.77. The highest BCUT2D eigenvalue weighted by atomic mass is 79.9. The van der Waals surface area contributed by atoms with Gasteiger partial charge < -0.3 is 15.3 Å². The van der Waals surface area contributed by atoms with Crippen molar-refractivity contribution in [2.45, 2.75) is 12.2 Å². The highest BCUT2D eigenvalue weighted by molar-refractivity contribution is 9.10. The molecule has 0 fully saturated rings. The molecule has 2 unspecified atom stereocenters. The van der Waals surface area contributed by atoms with Crippen molar-refractivity contribution in [3.05, 3.63) is 33.8 Å². The molecule has 0 aliphatic carbocycles. The summed E-state index contributed by atoms with van der Waals surface area (Å²) in [5.74, 6) is -1.14. The third-order valence-corrected chi connectivity index (χ3v) is 3.24. The molecule has 88 valence electrons. The second-order valence-corrected chi connectivity index (χ2v) is 4.77. The summed E-state index contributed by atoms with van der Waals surface area (Å²) in [6.45, 7) is 0. The molecule has 2 atom stereocenters. The van der Waals surface area contributed by atoms with Crippen LogP contribution in [0.1, 0.15) is 22.0 Å². The molecular weight excluding hydrogens is 344 g/mol. The van der Waals surface area contributed by atoms with E-state index in [1.807, 2.05) is 0 Å². The van der Waals surface area contributed by atoms with Gasteiger partial charge in [0, 0.05) is 9.80 Å². The molecule has 3 N–H and O–H groups in total. The fourth-order valence-corrected chi connectivity index (χ4v) is 2.00. The first-order valence-corrected chi connectivity index (χ1v) is 6.33. The number of hydrogen-bond donors (Lipinski definition) is 3. The molecule has 0 heterocycles. The van der Waals surface area contributed by atoms with E-state index in [1.54, 1.807) is 6.07 Å². The summed E-state index contributed by atoms with van der Waals surface area (Å²) in [5.41, 5.74) is 0.171. The monoisotopic (exact) mass is 352 g/mol. The number of halogens is 2. The average Bonchev–Trinajstić information content (AvgIpc) is 2.26. The maximum Gasteiger partial charge on any atom is 0.336 e. The number of rotatable bonds is 4. The van der Waals surface area contributed by atoms with Crippen molar-refractivity contribution in [1.82, 2.24) is 0 Å². The second-order valence-electron chi connectivity index (χ2n) is 3.20. The van der Waals surface area contributed by atoms with Crippen molar-refractivity contribution in [2.24, 2.45) is 0 Å². The number of carboxylic acid groups (broad SMARTS) is 1. The molecule has 0 aliphatic heterocycles. The largest absolute Gasteiger partial charge is 0.478 e. The van der Waals surface area contributed by atoms with E-state index in [4.69, 9.17) is 5.11 Å². The molecule has 0 saturated carbocycles. The lowest BCUT2D eigenvalue weighted by molar-refractivity contribution is 0.0327. The number of aliphatic hydroxyl groups excluding tert-OH is 2. The van der Waals surface area contributed by atoms with Crippen LogP contribution in [0.3, 0.4) is 0 Å². The van der Waals surface area contributed by atoms with Gasteiger partial charge in [-0.1, -0.05) is 31.9 Å². The van der Waals surface area contributed by atoms with E-state index < -0.39 is 18.2 Å². The quantitative estimate of drug-likeness (QED) is 0.723. The number of carbonyl (C=O) groups is 1. The van der Waals surface area contributed by atoms with Crippen LogP contribution in [0, 0.1) is 0 Å². The van der Waals surface area contributed by atoms with Crippen LogP contribution >= 0.6 is 31.9 Å². The number of hydrogen-bond acceptors (Lipinski definition) is 3. The fourth-order valence-electron chi connectivity index (χ4n) is 1.26. The maximum absolute atomic E-state index is 10.9. The Morgan fingerprint density at radius 2 is 2.00 bits per heavy atom. The predicted molar refractivity (Wildman–Crippen MR) is 65.9 cm³/mol. The molecule has 6 heteroatoms. The van der Waals surface area contributed by atoms with Gasteiger partial charge in [-0.25, -0.2) is 4.79 Å². The third-order valence-electron chi connectivity index (χ3n) is 2.09. The van der Waals surface area contributed by atoms with E-state index in [0.29, 0.717) is 4.47 Å². The molecule has 0 bridgehead atoms. The lowest BCUT2D eigenvalue weighted by Crippen LogP contribution is -2.21. The van der Waals surface area contributed by atoms with Crippen LogP contribution in [-0.4, -0.2) is 32.7 Å². The van der Waals surface area contributed by atoms with Gasteiger partial charge in [0.2, 0.25) is 0 Å². The van der Waals surface area contributed by atoms with Crippen LogP contribution < -0.4 is 0 Å². The highest BCUT2D eigenvalue weighted by Gasteiger charge is 2.23. The van der Waals surface area contributed by atoms with E-state index >= 15 is 0 Å². The minimum atomic E-state index is -1.23. The van der Waals surface area contributed by atoms with Crippen molar-refractivity contribution in [2.75, 3.05) is 5.33 Å². The summed E-state index contributed by atoms with van der Waals surface area (Å²) < 4.78 is 0.647. The average molecular weight is 354 g/mol. The SMILES string of the molecule is O=C(O)c1ccc(Br)cc1C(O)C(O)CBr. The Hall–Kier alpha value is -0.430. The summed E-state index contributed by atoms with van der Waals surface area (Å²) in [5, 5.41) is 28.4. The molecule has 16 heavy (non-hydrogen) atoms. The Balaban J connectivity index is 3.19. The normalized spacial score (nSPS) is 14.5. The van der Waals surface area contributed by atoms with Crippen LogP contribution in [0.15, 0.2) is 22.7 Å². The Morgan fingerprint density at radius 3 is 2.50 bits per heavy atom. The molecule has 0 aliphatic rings. The maximum atomic E-state index is 10.9. The molecule has 4 nitrogen and oxygen atoms in total. The molecule has 0 saturated heterocycles. The van der Waals surface area contributed by atoms with Gasteiger partial charge in [-0.15, -0.1) is 0 Å². The lowest BCUT2D eigenvalue weighted by Gasteiger charge is -2.18. The number of aromatic carboxylic acids is 1. The van der Waals surface area contributed by atoms with Gasteiger partial charge in [0.1, 0.15) is 6.10 Å². The highest BCUT2D eigenvalue weighted by Crippen LogP contribution is 2.25. The van der Waals surface area contributed by atoms with Crippen LogP contribution in [0.4, 0.5) is 0 Å². The van der Waals surface area contributed by atoms with Crippen LogP contribution in [0.25, 0.3) is 0 Å². The Morgan fingerprint density at radius 1 is 1.38 bits per heavy atom. The van der Waals surface area contributed by atoms with Gasteiger partial charge in [-0.2, -0.15) is 0 Å². The molecule has 1 aromatic carbocycles. The molecule has 0 spiro atoms. The first kappa shape index (κ1) is 13.6. The Kier molecular flexibility index (Phi) is 4.91. The smallest absolute Gasteiger partial charge is 0.336 e. The van der Waals surface area contributed by atoms with Gasteiger partial charge in [0.05, 0.1) is 11.7 Å². The van der Waals surface area contributed by atoms with E-state index in [1.165, 1.54) is 12.1 Å². The molecule has 0 radical (unpaired) electrons. The van der Waals surface area contributed by atoms with E-state index in [-0.39, 0.29) is 16.5 Å². The molecular formula is C10H10Br2O4. The minimum Gasteiger partial charge on any atom is -0.478 e. The van der Waals surface area contributed by atoms with Crippen molar-refractivity contribution in [3.8, 4) is 0 Å². The number of benzene rings is 1. The van der Waals surface area contributed by atoms with Gasteiger partial charge in [0.25, 0.3) is 0 Å². The molecule has 1 aromatic rings. The zero-order valence-corrected chi connectivity index (χ0v) is 11.3. The summed E-state index contributed by atoms with van der Waals surface area (Å²) in [6, 6.07) is 4.44. The summed E-state index contributed by atoms with van der Waals surface area (Å²) in [7, 11) is 0. The van der Waals surface area contributed by atoms with Gasteiger partial charge >= 0.3 is 5.97 Å². The first-order chi connectivity index (χ1) is 7.47. The first-order valence-electron chi connectivity index (χ1n) is 4.42. The van der Waals surface area contributed by atoms with Crippen molar-refractivity contribution in [3.63, 3.8) is 0 Å². The molecule has 0 aromatic heterocycles. The summed E-state index contributed by atoms with van der Waals surface area (Å²) in [6.07, 6.45) is -2.28. The Labute approximate surface area is 109 Å². The van der Waals surface area contributed by atoms with Crippen molar-refractivity contribution in [1.29, 1.82) is 0 Å². The summed E-state index contributed by atoms with van der Waals surface area (Å²) >= 11 is 6.21. The van der Waals surface area contributed by atoms with E-state index in [0.717, 1.165) is 0 Å². The summed E-state index contributed by atoms with van der Waals surface area (Å²) in [4.78, 5) is 10.9. The molecule has 0 amide bonds. The molecule has 1 rings (SSSR count). The van der Waals surface area contributed by atoms with Gasteiger partial charge in [-0.3, -0.25) is 0 Å². The van der Waals surface area contributed by atoms with Gasteiger partial charge in [-0.05, 0) is 23.8 Å². The number of aliphatic hydroxyl groups is 2. The van der Waals surface area contributed by atoms with Crippen molar-refractivity contribution >= 4 is 37.8 Å². The topological polar surface area (TPSA) is 77.8 Å². The zero-order chi connectivity index (χ0) is 12.3. The fraction of sp³-hybridized carbons (Fsp3) is 0.300. The van der Waals surface area contributed by atoms with Crippen molar-refractivity contribution < 1.29 is 20.1 Å². The third kappa shape index (κ3) is 3.04. The lowest BCUT2D eigenvalue weighted by atomic mass is 9.99. The van der Waals surface area contributed by atoms with E-state index in [9.17, 15) is 15.0 Å². The minimum absolute atomic E-state index is 0.0179.